The van der Waals surface area contributed by atoms with Gasteiger partial charge in [0.15, 0.2) is 0 Å². The number of aryl methyl sites for hydroxylation is 1. The van der Waals surface area contributed by atoms with Crippen molar-refractivity contribution >= 4 is 27.5 Å². The van der Waals surface area contributed by atoms with Gasteiger partial charge < -0.3 is 0 Å². The first-order chi connectivity index (χ1) is 7.15. The van der Waals surface area contributed by atoms with Gasteiger partial charge in [0, 0.05) is 15.7 Å². The number of halogens is 2. The van der Waals surface area contributed by atoms with Crippen molar-refractivity contribution in [2.24, 2.45) is 0 Å². The summed E-state index contributed by atoms with van der Waals surface area (Å²) in [4.78, 5) is 0. The summed E-state index contributed by atoms with van der Waals surface area (Å²) in [5.41, 5.74) is 2.23. The summed E-state index contributed by atoms with van der Waals surface area (Å²) in [6.07, 6.45) is 3.84. The topological polar surface area (TPSA) is 17.8 Å². The van der Waals surface area contributed by atoms with Gasteiger partial charge in [0.05, 0.1) is 12.7 Å². The molecule has 0 N–H and O–H groups in total. The lowest BCUT2D eigenvalue weighted by molar-refractivity contribution is 0.686. The zero-order valence-electron chi connectivity index (χ0n) is 8.24. The van der Waals surface area contributed by atoms with Crippen molar-refractivity contribution in [1.29, 1.82) is 0 Å². The minimum absolute atomic E-state index is 0.708. The highest BCUT2D eigenvalue weighted by Gasteiger charge is 2.02. The SMILES string of the molecule is Cc1cnn(Cc2ccc(Br)cc2Cl)c1. The van der Waals surface area contributed by atoms with Crippen molar-refractivity contribution in [2.45, 2.75) is 13.5 Å². The highest BCUT2D eigenvalue weighted by atomic mass is 79.9. The molecule has 1 aromatic carbocycles. The van der Waals surface area contributed by atoms with Gasteiger partial charge in [0.2, 0.25) is 0 Å². The number of nitrogens with zero attached hydrogens (tertiary/aromatic N) is 2. The summed E-state index contributed by atoms with van der Waals surface area (Å²) in [6, 6.07) is 5.88. The van der Waals surface area contributed by atoms with E-state index >= 15 is 0 Å². The van der Waals surface area contributed by atoms with E-state index in [4.69, 9.17) is 11.6 Å². The fourth-order valence-electron chi connectivity index (χ4n) is 1.38. The molecule has 0 spiro atoms. The molecule has 4 heteroatoms. The van der Waals surface area contributed by atoms with Gasteiger partial charge in [-0.15, -0.1) is 0 Å². The van der Waals surface area contributed by atoms with Crippen LogP contribution in [0.4, 0.5) is 0 Å². The molecule has 1 heterocycles. The summed E-state index contributed by atoms with van der Waals surface area (Å²) in [7, 11) is 0. The van der Waals surface area contributed by atoms with Crippen LogP contribution in [-0.4, -0.2) is 9.78 Å². The largest absolute Gasteiger partial charge is 0.268 e. The Balaban J connectivity index is 2.24. The molecule has 0 fully saturated rings. The fraction of sp³-hybridized carbons (Fsp3) is 0.182. The number of hydrogen-bond donors (Lipinski definition) is 0. The lowest BCUT2D eigenvalue weighted by Gasteiger charge is -2.04. The van der Waals surface area contributed by atoms with Crippen molar-refractivity contribution in [2.75, 3.05) is 0 Å². The van der Waals surface area contributed by atoms with Crippen LogP contribution < -0.4 is 0 Å². The Morgan fingerprint density at radius 3 is 2.87 bits per heavy atom. The van der Waals surface area contributed by atoms with Crippen molar-refractivity contribution < 1.29 is 0 Å². The van der Waals surface area contributed by atoms with E-state index in [9.17, 15) is 0 Å². The van der Waals surface area contributed by atoms with Gasteiger partial charge in [-0.3, -0.25) is 4.68 Å². The van der Waals surface area contributed by atoms with Gasteiger partial charge in [-0.05, 0) is 30.2 Å². The van der Waals surface area contributed by atoms with Crippen LogP contribution in [-0.2, 0) is 6.54 Å². The first-order valence-corrected chi connectivity index (χ1v) is 5.75. The molecule has 0 radical (unpaired) electrons. The Morgan fingerprint density at radius 2 is 2.27 bits per heavy atom. The molecule has 0 saturated heterocycles. The third-order valence-electron chi connectivity index (χ3n) is 2.11. The summed E-state index contributed by atoms with van der Waals surface area (Å²) in [5, 5.41) is 4.98. The van der Waals surface area contributed by atoms with E-state index in [1.165, 1.54) is 0 Å². The molecule has 0 unspecified atom stereocenters. The monoisotopic (exact) mass is 284 g/mol. The van der Waals surface area contributed by atoms with Gasteiger partial charge in [0.25, 0.3) is 0 Å². The summed E-state index contributed by atoms with van der Waals surface area (Å²) < 4.78 is 2.87. The lowest BCUT2D eigenvalue weighted by Crippen LogP contribution is -2.00. The minimum atomic E-state index is 0.708. The average molecular weight is 286 g/mol. The molecule has 15 heavy (non-hydrogen) atoms. The molecule has 1 aromatic heterocycles. The molecule has 2 nitrogen and oxygen atoms in total. The van der Waals surface area contributed by atoms with Crippen LogP contribution in [0, 0.1) is 6.92 Å². The van der Waals surface area contributed by atoms with Crippen LogP contribution in [0.5, 0.6) is 0 Å². The van der Waals surface area contributed by atoms with Crippen LogP contribution in [0.2, 0.25) is 5.02 Å². The smallest absolute Gasteiger partial charge is 0.0674 e. The Hall–Kier alpha value is -0.800. The van der Waals surface area contributed by atoms with E-state index in [0.29, 0.717) is 6.54 Å². The molecule has 0 aliphatic carbocycles. The Labute approximate surface area is 102 Å². The second-order valence-electron chi connectivity index (χ2n) is 3.45. The predicted octanol–water partition coefficient (Wildman–Crippen LogP) is 3.66. The third kappa shape index (κ3) is 2.61. The molecule has 0 atom stereocenters. The Kier molecular flexibility index (Phi) is 3.12. The number of rotatable bonds is 2. The summed E-state index contributed by atoms with van der Waals surface area (Å²) in [5.74, 6) is 0. The maximum Gasteiger partial charge on any atom is 0.0674 e. The van der Waals surface area contributed by atoms with Gasteiger partial charge in [0.1, 0.15) is 0 Å². The average Bonchev–Trinajstić information content (AvgIpc) is 2.56. The highest BCUT2D eigenvalue weighted by Crippen LogP contribution is 2.21. The van der Waals surface area contributed by atoms with E-state index in [1.54, 1.807) is 0 Å². The van der Waals surface area contributed by atoms with Crippen LogP contribution in [0.1, 0.15) is 11.1 Å². The zero-order chi connectivity index (χ0) is 10.8. The van der Waals surface area contributed by atoms with Crippen LogP contribution >= 0.6 is 27.5 Å². The normalized spacial score (nSPS) is 10.6. The summed E-state index contributed by atoms with van der Waals surface area (Å²) in [6.45, 7) is 2.73. The molecule has 78 valence electrons. The maximum absolute atomic E-state index is 6.12. The van der Waals surface area contributed by atoms with E-state index in [2.05, 4.69) is 21.0 Å². The second kappa shape index (κ2) is 4.37. The van der Waals surface area contributed by atoms with Crippen molar-refractivity contribution in [3.63, 3.8) is 0 Å². The van der Waals surface area contributed by atoms with Crippen molar-refractivity contribution in [3.05, 3.63) is 51.2 Å². The van der Waals surface area contributed by atoms with Gasteiger partial charge >= 0.3 is 0 Å². The lowest BCUT2D eigenvalue weighted by atomic mass is 10.2. The van der Waals surface area contributed by atoms with Crippen LogP contribution in [0.15, 0.2) is 35.1 Å². The van der Waals surface area contributed by atoms with Crippen molar-refractivity contribution in [1.82, 2.24) is 9.78 Å². The molecule has 0 aliphatic rings. The number of hydrogen-bond acceptors (Lipinski definition) is 1. The standard InChI is InChI=1S/C11H10BrClN2/c1-8-5-14-15(6-8)7-9-2-3-10(12)4-11(9)13/h2-6H,7H2,1H3. The fourth-order valence-corrected chi connectivity index (χ4v) is 2.11. The molecule has 0 amide bonds. The zero-order valence-corrected chi connectivity index (χ0v) is 10.6. The number of benzene rings is 1. The first-order valence-electron chi connectivity index (χ1n) is 4.58. The molecule has 2 rings (SSSR count). The highest BCUT2D eigenvalue weighted by molar-refractivity contribution is 9.10. The molecule has 2 aromatic rings. The first kappa shape index (κ1) is 10.7. The maximum atomic E-state index is 6.12. The Morgan fingerprint density at radius 1 is 1.47 bits per heavy atom. The molecule has 0 bridgehead atoms. The van der Waals surface area contributed by atoms with Crippen LogP contribution in [0.25, 0.3) is 0 Å². The molecular formula is C11H10BrClN2. The van der Waals surface area contributed by atoms with E-state index in [-0.39, 0.29) is 0 Å². The summed E-state index contributed by atoms with van der Waals surface area (Å²) >= 11 is 9.49. The Bertz CT molecular complexity index is 479. The van der Waals surface area contributed by atoms with Gasteiger partial charge in [-0.2, -0.15) is 5.10 Å². The van der Waals surface area contributed by atoms with E-state index < -0.39 is 0 Å². The van der Waals surface area contributed by atoms with Gasteiger partial charge in [-0.1, -0.05) is 33.6 Å². The molecule has 0 aliphatic heterocycles. The van der Waals surface area contributed by atoms with E-state index in [0.717, 1.165) is 20.6 Å². The quantitative estimate of drug-likeness (QED) is 0.823. The third-order valence-corrected chi connectivity index (χ3v) is 2.95. The molecule has 0 saturated carbocycles. The van der Waals surface area contributed by atoms with E-state index in [1.807, 2.05) is 42.2 Å². The van der Waals surface area contributed by atoms with Crippen molar-refractivity contribution in [3.8, 4) is 0 Å². The molecular weight excluding hydrogens is 275 g/mol. The van der Waals surface area contributed by atoms with Gasteiger partial charge in [-0.25, -0.2) is 0 Å². The second-order valence-corrected chi connectivity index (χ2v) is 4.77. The minimum Gasteiger partial charge on any atom is -0.268 e. The predicted molar refractivity (Wildman–Crippen MR) is 65.2 cm³/mol. The van der Waals surface area contributed by atoms with Crippen LogP contribution in [0.3, 0.4) is 0 Å². The number of aromatic nitrogens is 2.